The van der Waals surface area contributed by atoms with Crippen LogP contribution in [0, 0.1) is 0 Å². The summed E-state index contributed by atoms with van der Waals surface area (Å²) in [7, 11) is -3.79. The fourth-order valence-electron chi connectivity index (χ4n) is 3.03. The molecule has 0 aliphatic rings. The molecule has 3 atom stereocenters. The molecular weight excluding hydrogens is 356 g/mol. The molecule has 0 heterocycles. The van der Waals surface area contributed by atoms with E-state index in [9.17, 15) is 18.6 Å². The van der Waals surface area contributed by atoms with Gasteiger partial charge in [-0.05, 0) is 6.42 Å². The van der Waals surface area contributed by atoms with E-state index in [4.69, 9.17) is 5.11 Å². The zero-order valence-corrected chi connectivity index (χ0v) is 17.4. The van der Waals surface area contributed by atoms with E-state index in [0.29, 0.717) is 6.42 Å². The smallest absolute Gasteiger partial charge is 0.264 e. The third-order valence-electron chi connectivity index (χ3n) is 4.61. The Morgan fingerprint density at radius 3 is 1.62 bits per heavy atom. The summed E-state index contributed by atoms with van der Waals surface area (Å²) in [5.41, 5.74) is 0. The zero-order chi connectivity index (χ0) is 19.8. The largest absolute Gasteiger partial charge is 0.394 e. The Balaban J connectivity index is 3.65. The lowest BCUT2D eigenvalue weighted by atomic mass is 10.0. The van der Waals surface area contributed by atoms with Gasteiger partial charge in [0.1, 0.15) is 12.2 Å². The fourth-order valence-corrected chi connectivity index (χ4v) is 3.66. The van der Waals surface area contributed by atoms with E-state index in [0.717, 1.165) is 25.5 Å². The molecule has 0 amide bonds. The molecule has 1 unspecified atom stereocenters. The first-order valence-corrected chi connectivity index (χ1v) is 12.0. The SMILES string of the molecule is CCCCCCCCCCCCCCC(O)[C@@H](O)[C@@H](CO)OS(C)(=O)=O. The van der Waals surface area contributed by atoms with Gasteiger partial charge in [0, 0.05) is 0 Å². The zero-order valence-electron chi connectivity index (χ0n) is 16.6. The number of unbranched alkanes of at least 4 members (excludes halogenated alkanes) is 11. The third kappa shape index (κ3) is 14.9. The average Bonchev–Trinajstić information content (AvgIpc) is 2.59. The lowest BCUT2D eigenvalue weighted by molar-refractivity contribution is -0.0661. The number of aliphatic hydroxyl groups is 3. The van der Waals surface area contributed by atoms with E-state index in [2.05, 4.69) is 11.1 Å². The van der Waals surface area contributed by atoms with Gasteiger partial charge in [-0.25, -0.2) is 0 Å². The van der Waals surface area contributed by atoms with Crippen molar-refractivity contribution in [2.75, 3.05) is 12.9 Å². The molecule has 0 saturated heterocycles. The second-order valence-electron chi connectivity index (χ2n) is 7.26. The van der Waals surface area contributed by atoms with Crippen molar-refractivity contribution in [3.8, 4) is 0 Å². The summed E-state index contributed by atoms with van der Waals surface area (Å²) in [6, 6.07) is 0. The maximum atomic E-state index is 11.1. The van der Waals surface area contributed by atoms with Crippen molar-refractivity contribution >= 4 is 10.1 Å². The average molecular weight is 397 g/mol. The van der Waals surface area contributed by atoms with Gasteiger partial charge >= 0.3 is 0 Å². The van der Waals surface area contributed by atoms with E-state index < -0.39 is 35.0 Å². The molecule has 0 aliphatic heterocycles. The Hall–Kier alpha value is -0.210. The van der Waals surface area contributed by atoms with Crippen LogP contribution in [0.5, 0.6) is 0 Å². The highest BCUT2D eigenvalue weighted by Crippen LogP contribution is 2.15. The summed E-state index contributed by atoms with van der Waals surface area (Å²) < 4.78 is 26.7. The van der Waals surface area contributed by atoms with Crippen molar-refractivity contribution in [2.45, 2.75) is 109 Å². The van der Waals surface area contributed by atoms with Crippen LogP contribution in [-0.4, -0.2) is 54.9 Å². The van der Waals surface area contributed by atoms with E-state index in [1.165, 1.54) is 57.8 Å². The Morgan fingerprint density at radius 2 is 1.23 bits per heavy atom. The molecular formula is C19H40O6S. The Morgan fingerprint density at radius 1 is 0.808 bits per heavy atom. The maximum Gasteiger partial charge on any atom is 0.264 e. The van der Waals surface area contributed by atoms with Gasteiger partial charge < -0.3 is 15.3 Å². The van der Waals surface area contributed by atoms with E-state index in [-0.39, 0.29) is 0 Å². The molecule has 0 saturated carbocycles. The summed E-state index contributed by atoms with van der Waals surface area (Å²) in [5, 5.41) is 29.0. The normalized spacial score (nSPS) is 15.7. The van der Waals surface area contributed by atoms with Crippen molar-refractivity contribution < 1.29 is 27.9 Å². The van der Waals surface area contributed by atoms with Gasteiger partial charge in [-0.2, -0.15) is 8.42 Å². The van der Waals surface area contributed by atoms with Gasteiger partial charge in [-0.15, -0.1) is 0 Å². The van der Waals surface area contributed by atoms with Crippen LogP contribution in [0.15, 0.2) is 0 Å². The quantitative estimate of drug-likeness (QED) is 0.243. The molecule has 3 N–H and O–H groups in total. The molecule has 0 aliphatic carbocycles. The van der Waals surface area contributed by atoms with Crippen molar-refractivity contribution in [3.63, 3.8) is 0 Å². The van der Waals surface area contributed by atoms with Gasteiger partial charge in [0.05, 0.1) is 19.0 Å². The molecule has 0 aromatic rings. The van der Waals surface area contributed by atoms with E-state index >= 15 is 0 Å². The maximum absolute atomic E-state index is 11.1. The van der Waals surface area contributed by atoms with Crippen LogP contribution in [-0.2, 0) is 14.3 Å². The number of aliphatic hydroxyl groups excluding tert-OH is 3. The number of rotatable bonds is 18. The van der Waals surface area contributed by atoms with Crippen LogP contribution < -0.4 is 0 Å². The highest BCUT2D eigenvalue weighted by atomic mass is 32.2. The molecule has 0 spiro atoms. The van der Waals surface area contributed by atoms with Gasteiger partial charge in [0.15, 0.2) is 0 Å². The van der Waals surface area contributed by atoms with Crippen molar-refractivity contribution in [2.24, 2.45) is 0 Å². The molecule has 7 heteroatoms. The molecule has 6 nitrogen and oxygen atoms in total. The van der Waals surface area contributed by atoms with Crippen LogP contribution in [0.1, 0.15) is 90.4 Å². The Bertz CT molecular complexity index is 412. The van der Waals surface area contributed by atoms with Crippen LogP contribution in [0.3, 0.4) is 0 Å². The van der Waals surface area contributed by atoms with Crippen LogP contribution in [0.25, 0.3) is 0 Å². The summed E-state index contributed by atoms with van der Waals surface area (Å²) >= 11 is 0. The second kappa shape index (κ2) is 15.8. The minimum atomic E-state index is -3.79. The van der Waals surface area contributed by atoms with Crippen molar-refractivity contribution in [1.82, 2.24) is 0 Å². The van der Waals surface area contributed by atoms with E-state index in [1.54, 1.807) is 0 Å². The summed E-state index contributed by atoms with van der Waals surface area (Å²) in [6.07, 6.45) is 11.9. The minimum absolute atomic E-state index is 0.363. The first kappa shape index (κ1) is 25.8. The Kier molecular flexibility index (Phi) is 15.7. The molecule has 0 rings (SSSR count). The standard InChI is InChI=1S/C19H40O6S/c1-3-4-5-6-7-8-9-10-11-12-13-14-15-17(21)19(22)18(16-20)25-26(2,23)24/h17-22H,3-16H2,1-2H3/t17?,18-,19-/m1/s1. The summed E-state index contributed by atoms with van der Waals surface area (Å²) in [6.45, 7) is 1.57. The molecule has 158 valence electrons. The molecule has 0 aromatic carbocycles. The third-order valence-corrected chi connectivity index (χ3v) is 5.20. The molecule has 26 heavy (non-hydrogen) atoms. The van der Waals surface area contributed by atoms with E-state index in [1.807, 2.05) is 0 Å². The second-order valence-corrected chi connectivity index (χ2v) is 8.86. The molecule has 0 radical (unpaired) electrons. The fraction of sp³-hybridized carbons (Fsp3) is 1.00. The number of hydrogen-bond acceptors (Lipinski definition) is 6. The first-order valence-electron chi connectivity index (χ1n) is 10.2. The minimum Gasteiger partial charge on any atom is -0.394 e. The van der Waals surface area contributed by atoms with Crippen LogP contribution in [0.2, 0.25) is 0 Å². The predicted octanol–water partition coefficient (Wildman–Crippen LogP) is 3.14. The lowest BCUT2D eigenvalue weighted by Crippen LogP contribution is -2.42. The van der Waals surface area contributed by atoms with Gasteiger partial charge in [0.2, 0.25) is 0 Å². The predicted molar refractivity (Wildman–Crippen MR) is 105 cm³/mol. The lowest BCUT2D eigenvalue weighted by Gasteiger charge is -2.24. The number of hydrogen-bond donors (Lipinski definition) is 3. The summed E-state index contributed by atoms with van der Waals surface area (Å²) in [4.78, 5) is 0. The molecule has 0 fully saturated rings. The van der Waals surface area contributed by atoms with Crippen LogP contribution >= 0.6 is 0 Å². The first-order chi connectivity index (χ1) is 12.3. The van der Waals surface area contributed by atoms with Gasteiger partial charge in [0.25, 0.3) is 10.1 Å². The molecule has 0 bridgehead atoms. The van der Waals surface area contributed by atoms with Crippen LogP contribution in [0.4, 0.5) is 0 Å². The molecule has 0 aromatic heterocycles. The van der Waals surface area contributed by atoms with Crippen molar-refractivity contribution in [3.05, 3.63) is 0 Å². The highest BCUT2D eigenvalue weighted by molar-refractivity contribution is 7.86. The monoisotopic (exact) mass is 396 g/mol. The summed E-state index contributed by atoms with van der Waals surface area (Å²) in [5.74, 6) is 0. The van der Waals surface area contributed by atoms with Crippen molar-refractivity contribution in [1.29, 1.82) is 0 Å². The topological polar surface area (TPSA) is 104 Å². The van der Waals surface area contributed by atoms with Gasteiger partial charge in [-0.3, -0.25) is 4.18 Å². The Labute approximate surface area is 160 Å². The highest BCUT2D eigenvalue weighted by Gasteiger charge is 2.29. The van der Waals surface area contributed by atoms with Gasteiger partial charge in [-0.1, -0.05) is 84.0 Å².